The Morgan fingerprint density at radius 1 is 0.643 bits per heavy atom. The maximum Gasteiger partial charge on any atom is 0.232 e. The van der Waals surface area contributed by atoms with Gasteiger partial charge in [-0.25, -0.2) is 24.9 Å². The van der Waals surface area contributed by atoms with Gasteiger partial charge in [0.25, 0.3) is 0 Å². The molecule has 2 bridgehead atoms. The molecule has 0 spiro atoms. The summed E-state index contributed by atoms with van der Waals surface area (Å²) in [6.45, 7) is 3.62. The fraction of sp³-hybridized carbons (Fsp3) is 0.294. The zero-order chi connectivity index (χ0) is 47.6. The predicted molar refractivity (Wildman–Crippen MR) is 271 cm³/mol. The molecule has 19 heteroatoms. The van der Waals surface area contributed by atoms with E-state index in [0.29, 0.717) is 69.7 Å². The Kier molecular flexibility index (Phi) is 12.4. The van der Waals surface area contributed by atoms with Gasteiger partial charge < -0.3 is 35.6 Å². The lowest BCUT2D eigenvalue weighted by Gasteiger charge is -2.39. The van der Waals surface area contributed by atoms with E-state index in [4.69, 9.17) is 26.6 Å². The van der Waals surface area contributed by atoms with Crippen LogP contribution in [-0.2, 0) is 9.59 Å². The monoisotopic (exact) mass is 954 g/mol. The molecule has 354 valence electrons. The van der Waals surface area contributed by atoms with Crippen LogP contribution in [0, 0.1) is 6.92 Å². The van der Waals surface area contributed by atoms with Gasteiger partial charge in [0.2, 0.25) is 35.6 Å². The van der Waals surface area contributed by atoms with Crippen LogP contribution in [0.1, 0.15) is 69.3 Å². The molecule has 70 heavy (non-hydrogen) atoms. The number of anilines is 8. The molecule has 2 atom stereocenters. The van der Waals surface area contributed by atoms with Gasteiger partial charge in [-0.1, -0.05) is 54.1 Å². The fourth-order valence-corrected chi connectivity index (χ4v) is 10.5. The Morgan fingerprint density at radius 3 is 1.91 bits per heavy atom. The van der Waals surface area contributed by atoms with Crippen molar-refractivity contribution in [2.24, 2.45) is 0 Å². The second-order valence-electron chi connectivity index (χ2n) is 18.1. The summed E-state index contributed by atoms with van der Waals surface area (Å²) in [6.07, 6.45) is 12.9. The van der Waals surface area contributed by atoms with Gasteiger partial charge >= 0.3 is 0 Å². The van der Waals surface area contributed by atoms with Crippen molar-refractivity contribution in [2.75, 3.05) is 44.2 Å². The van der Waals surface area contributed by atoms with Gasteiger partial charge in [0, 0.05) is 89.2 Å². The normalized spacial score (nSPS) is 17.9. The lowest BCUT2D eigenvalue weighted by molar-refractivity contribution is -0.121. The second kappa shape index (κ2) is 19.6. The number of nitrogens with zero attached hydrogens (tertiary/aromatic N) is 12. The average molecular weight is 956 g/mol. The molecule has 0 radical (unpaired) electrons. The van der Waals surface area contributed by atoms with Crippen LogP contribution in [0.15, 0.2) is 122 Å². The number of piperidine rings is 2. The highest BCUT2D eigenvalue weighted by Crippen LogP contribution is 2.44. The number of imidazole rings is 1. The minimum Gasteiger partial charge on any atom is -0.341 e. The van der Waals surface area contributed by atoms with Crippen LogP contribution < -0.4 is 31.1 Å². The minimum absolute atomic E-state index is 0.00958. The van der Waals surface area contributed by atoms with Gasteiger partial charge in [-0.05, 0) is 100 Å². The van der Waals surface area contributed by atoms with Gasteiger partial charge in [-0.2, -0.15) is 15.1 Å². The molecule has 7 heterocycles. The first-order valence-corrected chi connectivity index (χ1v) is 24.1. The first-order valence-electron chi connectivity index (χ1n) is 23.7. The minimum atomic E-state index is -0.294. The summed E-state index contributed by atoms with van der Waals surface area (Å²) >= 11 is 6.43. The van der Waals surface area contributed by atoms with E-state index in [0.717, 1.165) is 74.1 Å². The molecule has 0 aliphatic carbocycles. The first kappa shape index (κ1) is 44.5. The van der Waals surface area contributed by atoms with Crippen molar-refractivity contribution in [2.45, 2.75) is 82.5 Å². The summed E-state index contributed by atoms with van der Waals surface area (Å²) < 4.78 is 4.45. The maximum atomic E-state index is 13.1. The third-order valence-electron chi connectivity index (χ3n) is 13.5. The van der Waals surface area contributed by atoms with Gasteiger partial charge in [0.1, 0.15) is 18.5 Å². The number of aromatic nitrogens is 10. The van der Waals surface area contributed by atoms with Gasteiger partial charge in [0.15, 0.2) is 0 Å². The third kappa shape index (κ3) is 9.67. The molecule has 2 unspecified atom stereocenters. The summed E-state index contributed by atoms with van der Waals surface area (Å²) in [6, 6.07) is 32.0. The number of aryl methyl sites for hydroxylation is 1. The SMILES string of the molecule is Cc1nc2ccccc2n1C1CC2CCC(C1)N2c1ncnc(Nc2cccc(NC(=O)CCC(=O)Nc3cccc(Nc4ncnc(N5CCC(n6cc(-c7ccccc7Cl)cn6)CC5)n4)c3)c2)n1. The molecule has 18 nitrogen and oxygen atoms in total. The zero-order valence-corrected chi connectivity index (χ0v) is 39.2. The Hall–Kier alpha value is -7.99. The Bertz CT molecular complexity index is 3170. The summed E-state index contributed by atoms with van der Waals surface area (Å²) in [4.78, 5) is 62.8. The quantitative estimate of drug-likeness (QED) is 0.0803. The topological polar surface area (TPSA) is 202 Å². The molecule has 2 amide bonds. The second-order valence-corrected chi connectivity index (χ2v) is 18.5. The van der Waals surface area contributed by atoms with E-state index in [1.807, 2.05) is 71.5 Å². The number of amides is 2. The number of halogens is 1. The summed E-state index contributed by atoms with van der Waals surface area (Å²) in [5, 5.41) is 17.7. The number of hydrogen-bond acceptors (Lipinski definition) is 14. The number of benzene rings is 4. The first-order chi connectivity index (χ1) is 34.3. The molecule has 8 aromatic rings. The molecule has 11 rings (SSSR count). The van der Waals surface area contributed by atoms with Gasteiger partial charge in [0.05, 0.1) is 23.3 Å². The standard InChI is InChI=1S/C51H51ClN16O2/c1-32-58-44-14-4-5-15-45(44)67(32)41-26-39-16-17-40(27-41)68(39)51-56-31-54-49(64-51)62-37-11-7-9-35(25-37)60-47(70)19-18-46(69)59-34-8-6-10-36(24-34)61-48-53-30-55-50(63-48)65-22-20-38(21-23-65)66-29-33(28-57-66)42-12-2-3-13-43(42)52/h2-15,24-25,28-31,38-41H,16-23,26-27H2,1H3,(H,59,69)(H,60,70)(H,53,55,61,63)(H,54,56,62,64). The van der Waals surface area contributed by atoms with E-state index in [-0.39, 0.29) is 30.7 Å². The van der Waals surface area contributed by atoms with Crippen LogP contribution in [0.25, 0.3) is 22.2 Å². The molecule has 3 fully saturated rings. The van der Waals surface area contributed by atoms with Crippen molar-refractivity contribution < 1.29 is 9.59 Å². The van der Waals surface area contributed by atoms with E-state index in [9.17, 15) is 9.59 Å². The average Bonchev–Trinajstić information content (AvgIpc) is 4.07. The van der Waals surface area contributed by atoms with Crippen molar-refractivity contribution in [3.63, 3.8) is 0 Å². The molecule has 3 saturated heterocycles. The molecular formula is C51H51ClN16O2. The van der Waals surface area contributed by atoms with Crippen molar-refractivity contribution in [1.82, 2.24) is 49.2 Å². The van der Waals surface area contributed by atoms with Crippen molar-refractivity contribution in [1.29, 1.82) is 0 Å². The highest BCUT2D eigenvalue weighted by molar-refractivity contribution is 6.33. The third-order valence-corrected chi connectivity index (χ3v) is 13.8. The van der Waals surface area contributed by atoms with Crippen LogP contribution in [-0.4, -0.2) is 86.2 Å². The van der Waals surface area contributed by atoms with Crippen LogP contribution in [0.2, 0.25) is 5.02 Å². The maximum absolute atomic E-state index is 13.1. The Labute approximate surface area is 409 Å². The zero-order valence-electron chi connectivity index (χ0n) is 38.5. The van der Waals surface area contributed by atoms with E-state index < -0.39 is 0 Å². The summed E-state index contributed by atoms with van der Waals surface area (Å²) in [5.41, 5.74) is 6.73. The Morgan fingerprint density at radius 2 is 1.24 bits per heavy atom. The molecule has 3 aliphatic rings. The largest absolute Gasteiger partial charge is 0.341 e. The van der Waals surface area contributed by atoms with Crippen LogP contribution in [0.3, 0.4) is 0 Å². The predicted octanol–water partition coefficient (Wildman–Crippen LogP) is 9.29. The number of carbonyl (C=O) groups excluding carboxylic acids is 2. The summed E-state index contributed by atoms with van der Waals surface area (Å²) in [7, 11) is 0. The molecule has 0 saturated carbocycles. The number of carbonyl (C=O) groups is 2. The van der Waals surface area contributed by atoms with Crippen molar-refractivity contribution >= 4 is 81.0 Å². The van der Waals surface area contributed by atoms with Crippen LogP contribution in [0.4, 0.5) is 46.5 Å². The van der Waals surface area contributed by atoms with Gasteiger partial charge in [-0.15, -0.1) is 0 Å². The molecule has 4 aromatic heterocycles. The lowest BCUT2D eigenvalue weighted by atomic mass is 9.97. The van der Waals surface area contributed by atoms with E-state index >= 15 is 0 Å². The number of nitrogens with one attached hydrogen (secondary N) is 4. The van der Waals surface area contributed by atoms with E-state index in [1.54, 1.807) is 24.5 Å². The highest BCUT2D eigenvalue weighted by Gasteiger charge is 2.43. The number of fused-ring (bicyclic) bond motifs is 3. The number of rotatable bonds is 14. The number of hydrogen-bond donors (Lipinski definition) is 4. The number of para-hydroxylation sites is 2. The van der Waals surface area contributed by atoms with Gasteiger partial charge in [-0.3, -0.25) is 14.3 Å². The Balaban J connectivity index is 0.642. The molecule has 4 aromatic carbocycles. The fourth-order valence-electron chi connectivity index (χ4n) is 10.3. The molecular weight excluding hydrogens is 904 g/mol. The summed E-state index contributed by atoms with van der Waals surface area (Å²) in [5.74, 6) is 2.52. The molecule has 3 aliphatic heterocycles. The lowest BCUT2D eigenvalue weighted by Crippen LogP contribution is -2.44. The molecule has 4 N–H and O–H groups in total. The van der Waals surface area contributed by atoms with E-state index in [2.05, 4.69) is 92.0 Å². The highest BCUT2D eigenvalue weighted by atomic mass is 35.5. The van der Waals surface area contributed by atoms with E-state index in [1.165, 1.54) is 11.8 Å². The smallest absolute Gasteiger partial charge is 0.232 e. The van der Waals surface area contributed by atoms with Crippen LogP contribution in [0.5, 0.6) is 0 Å². The van der Waals surface area contributed by atoms with Crippen molar-refractivity contribution in [3.8, 4) is 11.1 Å². The van der Waals surface area contributed by atoms with Crippen LogP contribution >= 0.6 is 11.6 Å². The van der Waals surface area contributed by atoms with Crippen molar-refractivity contribution in [3.05, 3.63) is 133 Å².